The standard InChI is InChI=1S/C22H27FN4O/c1-3-27-15-18(16(2)24-27)14-26-12-6-4-5-7-21(26)20-13-22(28-25-20)17-8-10-19(23)11-9-17/h8-11,13,15,21H,3-7,12,14H2,1-2H3. The lowest BCUT2D eigenvalue weighted by atomic mass is 10.0. The van der Waals surface area contributed by atoms with Crippen molar-refractivity contribution in [1.82, 2.24) is 19.8 Å². The van der Waals surface area contributed by atoms with Gasteiger partial charge in [0.25, 0.3) is 0 Å². The zero-order chi connectivity index (χ0) is 19.5. The predicted molar refractivity (Wildman–Crippen MR) is 106 cm³/mol. The molecule has 1 aromatic carbocycles. The van der Waals surface area contributed by atoms with Crippen LogP contribution >= 0.6 is 0 Å². The molecule has 0 bridgehead atoms. The van der Waals surface area contributed by atoms with Gasteiger partial charge in [-0.3, -0.25) is 9.58 Å². The van der Waals surface area contributed by atoms with Gasteiger partial charge in [0.05, 0.1) is 11.7 Å². The van der Waals surface area contributed by atoms with Crippen LogP contribution in [0.2, 0.25) is 0 Å². The van der Waals surface area contributed by atoms with Crippen LogP contribution in [0.1, 0.15) is 55.6 Å². The van der Waals surface area contributed by atoms with Gasteiger partial charge in [-0.1, -0.05) is 18.0 Å². The molecule has 6 heteroatoms. The molecule has 3 aromatic rings. The summed E-state index contributed by atoms with van der Waals surface area (Å²) in [6, 6.07) is 8.59. The second-order valence-electron chi connectivity index (χ2n) is 7.55. The van der Waals surface area contributed by atoms with Crippen LogP contribution in [0.5, 0.6) is 0 Å². The highest BCUT2D eigenvalue weighted by atomic mass is 19.1. The van der Waals surface area contributed by atoms with Gasteiger partial charge in [-0.2, -0.15) is 5.10 Å². The minimum absolute atomic E-state index is 0.227. The molecular weight excluding hydrogens is 355 g/mol. The molecule has 4 rings (SSSR count). The van der Waals surface area contributed by atoms with Gasteiger partial charge in [-0.15, -0.1) is 0 Å². The smallest absolute Gasteiger partial charge is 0.167 e. The van der Waals surface area contributed by atoms with Crippen molar-refractivity contribution in [1.29, 1.82) is 0 Å². The summed E-state index contributed by atoms with van der Waals surface area (Å²) in [6.07, 6.45) is 6.84. The van der Waals surface area contributed by atoms with Crippen LogP contribution in [-0.2, 0) is 13.1 Å². The number of aromatic nitrogens is 3. The number of likely N-dealkylation sites (tertiary alicyclic amines) is 1. The number of hydrogen-bond acceptors (Lipinski definition) is 4. The van der Waals surface area contributed by atoms with E-state index in [-0.39, 0.29) is 11.9 Å². The Kier molecular flexibility index (Phi) is 5.57. The van der Waals surface area contributed by atoms with Crippen molar-refractivity contribution in [2.75, 3.05) is 6.54 Å². The summed E-state index contributed by atoms with van der Waals surface area (Å²) in [6.45, 7) is 6.98. The summed E-state index contributed by atoms with van der Waals surface area (Å²) < 4.78 is 20.8. The molecule has 1 saturated heterocycles. The van der Waals surface area contributed by atoms with Crippen molar-refractivity contribution in [3.05, 3.63) is 59.3 Å². The number of nitrogens with zero attached hydrogens (tertiary/aromatic N) is 4. The van der Waals surface area contributed by atoms with E-state index in [1.165, 1.54) is 37.0 Å². The lowest BCUT2D eigenvalue weighted by Crippen LogP contribution is -2.28. The van der Waals surface area contributed by atoms with E-state index in [9.17, 15) is 4.39 Å². The minimum atomic E-state index is -0.249. The molecule has 3 heterocycles. The normalized spacial score (nSPS) is 18.3. The molecule has 0 aliphatic carbocycles. The molecule has 1 aliphatic heterocycles. The van der Waals surface area contributed by atoms with Crippen LogP contribution < -0.4 is 0 Å². The number of halogens is 1. The van der Waals surface area contributed by atoms with Crippen LogP contribution in [-0.4, -0.2) is 26.4 Å². The SMILES string of the molecule is CCn1cc(CN2CCCCCC2c2cc(-c3ccc(F)cc3)on2)c(C)n1. The molecule has 0 spiro atoms. The first-order valence-corrected chi connectivity index (χ1v) is 10.1. The first kappa shape index (κ1) is 18.9. The number of hydrogen-bond donors (Lipinski definition) is 0. The maximum atomic E-state index is 13.2. The molecule has 0 radical (unpaired) electrons. The average Bonchev–Trinajstić information content (AvgIpc) is 3.24. The first-order valence-electron chi connectivity index (χ1n) is 10.1. The molecule has 2 aromatic heterocycles. The number of benzene rings is 1. The third-order valence-electron chi connectivity index (χ3n) is 5.61. The number of rotatable bonds is 5. The highest BCUT2D eigenvalue weighted by Gasteiger charge is 2.27. The van der Waals surface area contributed by atoms with Crippen LogP contribution in [0, 0.1) is 12.7 Å². The van der Waals surface area contributed by atoms with Crippen LogP contribution in [0.3, 0.4) is 0 Å². The van der Waals surface area contributed by atoms with Gasteiger partial charge in [0, 0.05) is 36.5 Å². The third kappa shape index (κ3) is 4.02. The Morgan fingerprint density at radius 1 is 1.18 bits per heavy atom. The fraction of sp³-hybridized carbons (Fsp3) is 0.455. The fourth-order valence-electron chi connectivity index (χ4n) is 3.98. The molecule has 1 unspecified atom stereocenters. The van der Waals surface area contributed by atoms with Crippen LogP contribution in [0.15, 0.2) is 41.1 Å². The van der Waals surface area contributed by atoms with E-state index in [4.69, 9.17) is 4.52 Å². The minimum Gasteiger partial charge on any atom is -0.356 e. The Morgan fingerprint density at radius 2 is 2.00 bits per heavy atom. The van der Waals surface area contributed by atoms with Crippen molar-refractivity contribution in [2.24, 2.45) is 0 Å². The summed E-state index contributed by atoms with van der Waals surface area (Å²) in [5.41, 5.74) is 4.18. The van der Waals surface area contributed by atoms with Crippen molar-refractivity contribution in [3.8, 4) is 11.3 Å². The lowest BCUT2D eigenvalue weighted by Gasteiger charge is -2.28. The first-order chi connectivity index (χ1) is 13.6. The van der Waals surface area contributed by atoms with E-state index in [2.05, 4.69) is 35.2 Å². The molecule has 28 heavy (non-hydrogen) atoms. The molecular formula is C22H27FN4O. The largest absolute Gasteiger partial charge is 0.356 e. The molecule has 1 fully saturated rings. The number of aryl methyl sites for hydroxylation is 2. The topological polar surface area (TPSA) is 47.1 Å². The Balaban J connectivity index is 1.58. The summed E-state index contributed by atoms with van der Waals surface area (Å²) in [4.78, 5) is 2.50. The zero-order valence-electron chi connectivity index (χ0n) is 16.6. The van der Waals surface area contributed by atoms with Gasteiger partial charge < -0.3 is 4.52 Å². The molecule has 0 saturated carbocycles. The quantitative estimate of drug-likeness (QED) is 0.614. The molecule has 5 nitrogen and oxygen atoms in total. The van der Waals surface area contributed by atoms with E-state index in [0.29, 0.717) is 5.76 Å². The van der Waals surface area contributed by atoms with E-state index < -0.39 is 0 Å². The monoisotopic (exact) mass is 382 g/mol. The molecule has 1 atom stereocenters. The Morgan fingerprint density at radius 3 is 2.75 bits per heavy atom. The molecule has 0 amide bonds. The van der Waals surface area contributed by atoms with Gasteiger partial charge in [-0.05, 0) is 57.5 Å². The Labute approximate surface area is 165 Å². The fourth-order valence-corrected chi connectivity index (χ4v) is 3.98. The summed E-state index contributed by atoms with van der Waals surface area (Å²) >= 11 is 0. The van der Waals surface area contributed by atoms with Gasteiger partial charge in [0.1, 0.15) is 11.5 Å². The average molecular weight is 382 g/mol. The van der Waals surface area contributed by atoms with Crippen LogP contribution in [0.4, 0.5) is 4.39 Å². The van der Waals surface area contributed by atoms with E-state index in [0.717, 1.165) is 43.0 Å². The van der Waals surface area contributed by atoms with Crippen molar-refractivity contribution < 1.29 is 8.91 Å². The van der Waals surface area contributed by atoms with Crippen molar-refractivity contribution >= 4 is 0 Å². The second kappa shape index (κ2) is 8.27. The van der Waals surface area contributed by atoms with Gasteiger partial charge in [-0.25, -0.2) is 4.39 Å². The predicted octanol–water partition coefficient (Wildman–Crippen LogP) is 5.12. The molecule has 148 valence electrons. The highest BCUT2D eigenvalue weighted by Crippen LogP contribution is 2.33. The van der Waals surface area contributed by atoms with Gasteiger partial charge in [0.2, 0.25) is 0 Å². The molecule has 1 aliphatic rings. The summed E-state index contributed by atoms with van der Waals surface area (Å²) in [5, 5.41) is 8.98. The maximum absolute atomic E-state index is 13.2. The van der Waals surface area contributed by atoms with Crippen molar-refractivity contribution in [2.45, 2.75) is 58.7 Å². The zero-order valence-corrected chi connectivity index (χ0v) is 16.6. The van der Waals surface area contributed by atoms with E-state index in [1.54, 1.807) is 12.1 Å². The lowest BCUT2D eigenvalue weighted by molar-refractivity contribution is 0.183. The molecule has 0 N–H and O–H groups in total. The van der Waals surface area contributed by atoms with Crippen LogP contribution in [0.25, 0.3) is 11.3 Å². The summed E-state index contributed by atoms with van der Waals surface area (Å²) in [7, 11) is 0. The van der Waals surface area contributed by atoms with E-state index >= 15 is 0 Å². The van der Waals surface area contributed by atoms with Gasteiger partial charge >= 0.3 is 0 Å². The van der Waals surface area contributed by atoms with E-state index in [1.807, 2.05) is 10.7 Å². The van der Waals surface area contributed by atoms with Crippen molar-refractivity contribution in [3.63, 3.8) is 0 Å². The highest BCUT2D eigenvalue weighted by molar-refractivity contribution is 5.57. The van der Waals surface area contributed by atoms with Gasteiger partial charge in [0.15, 0.2) is 5.76 Å². The third-order valence-corrected chi connectivity index (χ3v) is 5.61. The summed E-state index contributed by atoms with van der Waals surface area (Å²) in [5.74, 6) is 0.440. The Hall–Kier alpha value is -2.47. The maximum Gasteiger partial charge on any atom is 0.167 e. The Bertz CT molecular complexity index is 915. The second-order valence-corrected chi connectivity index (χ2v) is 7.55.